The lowest BCUT2D eigenvalue weighted by molar-refractivity contribution is -0.137. The maximum Gasteiger partial charge on any atom is 0.416 e. The summed E-state index contributed by atoms with van der Waals surface area (Å²) in [4.78, 5) is 0. The van der Waals surface area contributed by atoms with Crippen LogP contribution in [0.5, 0.6) is 0 Å². The van der Waals surface area contributed by atoms with Crippen molar-refractivity contribution < 1.29 is 35.5 Å². The predicted octanol–water partition coefficient (Wildman–Crippen LogP) is 4.60. The van der Waals surface area contributed by atoms with Gasteiger partial charge in [-0.1, -0.05) is 18.2 Å². The van der Waals surface area contributed by atoms with Crippen LogP contribution >= 0.6 is 0 Å². The normalized spacial score (nSPS) is 15.5. The van der Waals surface area contributed by atoms with Crippen LogP contribution in [0.1, 0.15) is 31.4 Å². The van der Waals surface area contributed by atoms with Crippen molar-refractivity contribution >= 4 is 26.6 Å². The van der Waals surface area contributed by atoms with Gasteiger partial charge in [-0.25, -0.2) is 17.2 Å². The van der Waals surface area contributed by atoms with Crippen molar-refractivity contribution in [1.29, 1.82) is 0 Å². The Kier molecular flexibility index (Phi) is 6.72. The minimum atomic E-state index is -4.63. The largest absolute Gasteiger partial charge is 0.416 e. The number of sulfonamides is 1. The highest BCUT2D eigenvalue weighted by atomic mass is 32.2. The number of aromatic nitrogens is 2. The van der Waals surface area contributed by atoms with Crippen LogP contribution in [0.3, 0.4) is 0 Å². The first-order valence-electron chi connectivity index (χ1n) is 9.93. The van der Waals surface area contributed by atoms with Gasteiger partial charge in [0.2, 0.25) is 16.4 Å². The van der Waals surface area contributed by atoms with Gasteiger partial charge in [0.15, 0.2) is 0 Å². The molecule has 6 nitrogen and oxygen atoms in total. The molecule has 3 rings (SSSR count). The van der Waals surface area contributed by atoms with E-state index in [0.29, 0.717) is 0 Å². The quantitative estimate of drug-likeness (QED) is 0.452. The molecule has 0 aliphatic heterocycles. The maximum absolute atomic E-state index is 13.8. The molecule has 33 heavy (non-hydrogen) atoms. The van der Waals surface area contributed by atoms with Crippen LogP contribution in [-0.4, -0.2) is 41.6 Å². The van der Waals surface area contributed by atoms with Gasteiger partial charge in [-0.2, -0.15) is 18.3 Å². The summed E-state index contributed by atoms with van der Waals surface area (Å²) in [5.41, 5.74) is -2.53. The Labute approximate surface area is 187 Å². The lowest BCUT2D eigenvalue weighted by Gasteiger charge is -2.38. The summed E-state index contributed by atoms with van der Waals surface area (Å²) in [6.45, 7) is 2.69. The van der Waals surface area contributed by atoms with Crippen molar-refractivity contribution in [3.05, 3.63) is 59.8 Å². The van der Waals surface area contributed by atoms with Crippen LogP contribution < -0.4 is 4.72 Å². The first-order chi connectivity index (χ1) is 15.3. The number of aliphatic hydroxyl groups excluding tert-OH is 1. The van der Waals surface area contributed by atoms with Crippen molar-refractivity contribution in [2.45, 2.75) is 44.5 Å². The molecule has 2 atom stereocenters. The van der Waals surface area contributed by atoms with Crippen LogP contribution in [0.2, 0.25) is 0 Å². The van der Waals surface area contributed by atoms with Crippen LogP contribution in [-0.2, 0) is 21.7 Å². The molecule has 0 fully saturated rings. The minimum absolute atomic E-state index is 0.00431. The molecule has 0 radical (unpaired) electrons. The number of anilines is 1. The number of hydrogen-bond donors (Lipinski definition) is 2. The first-order valence-corrected chi connectivity index (χ1v) is 11.6. The average molecular weight is 491 g/mol. The lowest BCUT2D eigenvalue weighted by Crippen LogP contribution is -2.47. The van der Waals surface area contributed by atoms with Crippen molar-refractivity contribution in [3.63, 3.8) is 0 Å². The summed E-state index contributed by atoms with van der Waals surface area (Å²) < 4.78 is 94.2. The van der Waals surface area contributed by atoms with E-state index in [1.54, 1.807) is 0 Å². The Morgan fingerprint density at radius 3 is 2.21 bits per heavy atom. The summed E-state index contributed by atoms with van der Waals surface area (Å²) in [7, 11) is -3.66. The Morgan fingerprint density at radius 2 is 1.70 bits per heavy atom. The van der Waals surface area contributed by atoms with E-state index < -0.39 is 46.3 Å². The molecule has 0 bridgehead atoms. The highest BCUT2D eigenvalue weighted by Gasteiger charge is 2.44. The summed E-state index contributed by atoms with van der Waals surface area (Å²) in [6.07, 6.45) is -8.75. The highest BCUT2D eigenvalue weighted by Crippen LogP contribution is 2.40. The lowest BCUT2D eigenvalue weighted by atomic mass is 9.81. The van der Waals surface area contributed by atoms with Crippen LogP contribution in [0, 0.1) is 0 Å². The van der Waals surface area contributed by atoms with E-state index in [2.05, 4.69) is 9.82 Å². The molecule has 0 amide bonds. The number of fused-ring (bicyclic) bond motifs is 1. The van der Waals surface area contributed by atoms with Gasteiger partial charge in [-0.05, 0) is 43.7 Å². The zero-order valence-electron chi connectivity index (χ0n) is 17.6. The molecule has 1 aromatic heterocycles. The number of hydrogen-bond acceptors (Lipinski definition) is 4. The van der Waals surface area contributed by atoms with Gasteiger partial charge in [0.25, 0.3) is 0 Å². The standard InChI is InChI=1S/C21H22F5N3O3S/c1-3-33(31,32)28-17-5-4-6-18-16(17)12-27-29(18)20(13(2)30,11-19(22)23)14-7-9-15(10-8-14)21(24,25)26/h4-10,12-13,19,28,30H,3,11H2,1-2H3. The Bertz CT molecular complexity index is 1220. The fourth-order valence-electron chi connectivity index (χ4n) is 3.80. The molecule has 2 aromatic carbocycles. The van der Waals surface area contributed by atoms with E-state index in [-0.39, 0.29) is 27.9 Å². The summed E-state index contributed by atoms with van der Waals surface area (Å²) in [5.74, 6) is -0.202. The van der Waals surface area contributed by atoms with E-state index in [1.807, 2.05) is 0 Å². The molecule has 3 aromatic rings. The van der Waals surface area contributed by atoms with Crippen LogP contribution in [0.15, 0.2) is 48.7 Å². The Hall–Kier alpha value is -2.73. The average Bonchev–Trinajstić information content (AvgIpc) is 3.16. The number of rotatable bonds is 8. The molecular weight excluding hydrogens is 469 g/mol. The molecule has 1 heterocycles. The minimum Gasteiger partial charge on any atom is -0.391 e. The number of nitrogens with zero attached hydrogens (tertiary/aromatic N) is 2. The van der Waals surface area contributed by atoms with E-state index in [4.69, 9.17) is 0 Å². The van der Waals surface area contributed by atoms with Gasteiger partial charge < -0.3 is 5.11 Å². The Morgan fingerprint density at radius 1 is 1.09 bits per heavy atom. The second-order valence-corrected chi connectivity index (χ2v) is 9.58. The van der Waals surface area contributed by atoms with Gasteiger partial charge in [-0.3, -0.25) is 9.40 Å². The van der Waals surface area contributed by atoms with Gasteiger partial charge in [-0.15, -0.1) is 0 Å². The van der Waals surface area contributed by atoms with Gasteiger partial charge in [0, 0.05) is 11.8 Å². The SMILES string of the molecule is CCS(=O)(=O)Nc1cccc2c1cnn2C(CC(F)F)(c1ccc(C(F)(F)F)cc1)C(C)O. The third-order valence-corrected chi connectivity index (χ3v) is 6.80. The van der Waals surface area contributed by atoms with Crippen molar-refractivity contribution in [1.82, 2.24) is 9.78 Å². The molecule has 0 aliphatic rings. The third-order valence-electron chi connectivity index (χ3n) is 5.51. The molecule has 0 spiro atoms. The summed E-state index contributed by atoms with van der Waals surface area (Å²) in [5, 5.41) is 15.1. The molecule has 0 saturated carbocycles. The van der Waals surface area contributed by atoms with E-state index in [9.17, 15) is 35.5 Å². The van der Waals surface area contributed by atoms with Gasteiger partial charge >= 0.3 is 6.18 Å². The van der Waals surface area contributed by atoms with E-state index in [0.717, 1.165) is 28.9 Å². The second kappa shape index (κ2) is 8.90. The third kappa shape index (κ3) is 4.81. The Balaban J connectivity index is 2.26. The monoisotopic (exact) mass is 491 g/mol. The second-order valence-electron chi connectivity index (χ2n) is 7.57. The fourth-order valence-corrected chi connectivity index (χ4v) is 4.45. The van der Waals surface area contributed by atoms with Gasteiger partial charge in [0.1, 0.15) is 5.54 Å². The first kappa shape index (κ1) is 24.9. The number of benzene rings is 2. The predicted molar refractivity (Wildman–Crippen MR) is 114 cm³/mol. The van der Waals surface area contributed by atoms with Gasteiger partial charge in [0.05, 0.1) is 34.8 Å². The van der Waals surface area contributed by atoms with Crippen molar-refractivity contribution in [3.8, 4) is 0 Å². The summed E-state index contributed by atoms with van der Waals surface area (Å²) >= 11 is 0. The smallest absolute Gasteiger partial charge is 0.391 e. The fraction of sp³-hybridized carbons (Fsp3) is 0.381. The zero-order valence-corrected chi connectivity index (χ0v) is 18.5. The molecule has 2 unspecified atom stereocenters. The van der Waals surface area contributed by atoms with Crippen LogP contribution in [0.4, 0.5) is 27.6 Å². The summed E-state index contributed by atoms with van der Waals surface area (Å²) in [6, 6.07) is 8.03. The number of aliphatic hydroxyl groups is 1. The molecule has 0 saturated heterocycles. The zero-order chi connectivity index (χ0) is 24.6. The number of halogens is 5. The molecular formula is C21H22F5N3O3S. The molecule has 180 valence electrons. The van der Waals surface area contributed by atoms with E-state index in [1.165, 1.54) is 38.2 Å². The van der Waals surface area contributed by atoms with E-state index >= 15 is 0 Å². The maximum atomic E-state index is 13.8. The highest BCUT2D eigenvalue weighted by molar-refractivity contribution is 7.92. The molecule has 2 N–H and O–H groups in total. The number of alkyl halides is 5. The number of nitrogens with one attached hydrogen (secondary N) is 1. The van der Waals surface area contributed by atoms with Crippen molar-refractivity contribution in [2.24, 2.45) is 0 Å². The van der Waals surface area contributed by atoms with Crippen molar-refractivity contribution in [2.75, 3.05) is 10.5 Å². The molecule has 12 heteroatoms. The van der Waals surface area contributed by atoms with Crippen LogP contribution in [0.25, 0.3) is 10.9 Å². The topological polar surface area (TPSA) is 84.2 Å². The molecule has 0 aliphatic carbocycles.